The summed E-state index contributed by atoms with van der Waals surface area (Å²) in [5.74, 6) is 2.49. The highest BCUT2D eigenvalue weighted by Crippen LogP contribution is 2.32. The van der Waals surface area contributed by atoms with E-state index >= 15 is 0 Å². The maximum Gasteiger partial charge on any atom is 0.259 e. The minimum atomic E-state index is -0.0715. The number of anilines is 1. The molecule has 3 aromatic rings. The first-order valence-electron chi connectivity index (χ1n) is 10.8. The van der Waals surface area contributed by atoms with Crippen molar-refractivity contribution in [3.63, 3.8) is 0 Å². The van der Waals surface area contributed by atoms with Crippen molar-refractivity contribution in [2.24, 2.45) is 0 Å². The van der Waals surface area contributed by atoms with E-state index < -0.39 is 0 Å². The summed E-state index contributed by atoms with van der Waals surface area (Å²) in [6.07, 6.45) is 1.63. The first-order valence-corrected chi connectivity index (χ1v) is 10.8. The Morgan fingerprint density at radius 2 is 1.82 bits per heavy atom. The van der Waals surface area contributed by atoms with Gasteiger partial charge in [-0.15, -0.1) is 10.2 Å². The molecule has 9 nitrogen and oxygen atoms in total. The fraction of sp³-hybridized carbons (Fsp3) is 0.333. The van der Waals surface area contributed by atoms with Crippen molar-refractivity contribution in [2.75, 3.05) is 51.9 Å². The predicted octanol–water partition coefficient (Wildman–Crippen LogP) is 2.92. The van der Waals surface area contributed by atoms with Gasteiger partial charge in [0.05, 0.1) is 26.5 Å². The highest BCUT2D eigenvalue weighted by molar-refractivity contribution is 5.96. The van der Waals surface area contributed by atoms with Crippen molar-refractivity contribution in [1.82, 2.24) is 20.1 Å². The summed E-state index contributed by atoms with van der Waals surface area (Å²) in [5, 5.41) is 8.83. The standard InChI is InChI=1S/C24H27N5O4/c1-4-33-23-18(6-5-11-25-23)24(30)29-14-12-28(13-15-29)22-10-8-20(26-27-22)19-16-17(31-2)7-9-21(19)32-3/h5-11,16H,4,12-15H2,1-3H3. The van der Waals surface area contributed by atoms with Gasteiger partial charge in [0.1, 0.15) is 17.1 Å². The van der Waals surface area contributed by atoms with Gasteiger partial charge in [-0.3, -0.25) is 4.79 Å². The Morgan fingerprint density at radius 1 is 1.00 bits per heavy atom. The fourth-order valence-corrected chi connectivity index (χ4v) is 3.77. The van der Waals surface area contributed by atoms with Gasteiger partial charge in [0.2, 0.25) is 5.88 Å². The van der Waals surface area contributed by atoms with E-state index in [1.54, 1.807) is 32.5 Å². The SMILES string of the molecule is CCOc1ncccc1C(=O)N1CCN(c2ccc(-c3cc(OC)ccc3OC)nn2)CC1. The van der Waals surface area contributed by atoms with E-state index in [1.165, 1.54) is 0 Å². The molecule has 0 N–H and O–H groups in total. The van der Waals surface area contributed by atoms with E-state index in [-0.39, 0.29) is 5.91 Å². The van der Waals surface area contributed by atoms with Crippen molar-refractivity contribution in [2.45, 2.75) is 6.92 Å². The van der Waals surface area contributed by atoms with Crippen molar-refractivity contribution >= 4 is 11.7 Å². The van der Waals surface area contributed by atoms with Crippen LogP contribution in [0.4, 0.5) is 5.82 Å². The Balaban J connectivity index is 1.43. The van der Waals surface area contributed by atoms with Crippen LogP contribution in [0.25, 0.3) is 11.3 Å². The summed E-state index contributed by atoms with van der Waals surface area (Å²) in [6.45, 7) is 4.80. The van der Waals surface area contributed by atoms with Gasteiger partial charge in [-0.25, -0.2) is 4.98 Å². The molecule has 2 aromatic heterocycles. The van der Waals surface area contributed by atoms with Crippen LogP contribution in [0.5, 0.6) is 17.4 Å². The normalized spacial score (nSPS) is 13.5. The Hall–Kier alpha value is -3.88. The van der Waals surface area contributed by atoms with Gasteiger partial charge in [-0.1, -0.05) is 0 Å². The van der Waals surface area contributed by atoms with Crippen LogP contribution in [0, 0.1) is 0 Å². The molecule has 0 unspecified atom stereocenters. The van der Waals surface area contributed by atoms with E-state index in [4.69, 9.17) is 14.2 Å². The van der Waals surface area contributed by atoms with E-state index in [1.807, 2.05) is 42.2 Å². The number of hydrogen-bond donors (Lipinski definition) is 0. The van der Waals surface area contributed by atoms with Gasteiger partial charge in [0, 0.05) is 37.9 Å². The third kappa shape index (κ3) is 4.82. The number of aromatic nitrogens is 3. The number of rotatable bonds is 7. The number of methoxy groups -OCH3 is 2. The van der Waals surface area contributed by atoms with Crippen LogP contribution in [-0.2, 0) is 0 Å². The molecule has 3 heterocycles. The van der Waals surface area contributed by atoms with Gasteiger partial charge in [0.15, 0.2) is 5.82 Å². The third-order valence-corrected chi connectivity index (χ3v) is 5.51. The number of hydrogen-bond acceptors (Lipinski definition) is 8. The Bertz CT molecular complexity index is 1100. The van der Waals surface area contributed by atoms with E-state index in [2.05, 4.69) is 20.1 Å². The molecule has 1 aromatic carbocycles. The Morgan fingerprint density at radius 3 is 2.48 bits per heavy atom. The molecule has 1 amide bonds. The summed E-state index contributed by atoms with van der Waals surface area (Å²) in [5.41, 5.74) is 2.00. The molecule has 0 atom stereocenters. The minimum Gasteiger partial charge on any atom is -0.497 e. The van der Waals surface area contributed by atoms with Crippen LogP contribution >= 0.6 is 0 Å². The van der Waals surface area contributed by atoms with Crippen LogP contribution in [-0.4, -0.2) is 73.0 Å². The number of nitrogens with zero attached hydrogens (tertiary/aromatic N) is 5. The minimum absolute atomic E-state index is 0.0715. The van der Waals surface area contributed by atoms with Gasteiger partial charge in [-0.2, -0.15) is 0 Å². The van der Waals surface area contributed by atoms with Gasteiger partial charge in [-0.05, 0) is 49.4 Å². The van der Waals surface area contributed by atoms with Gasteiger partial charge in [0.25, 0.3) is 5.91 Å². The lowest BCUT2D eigenvalue weighted by Crippen LogP contribution is -2.49. The Kier molecular flexibility index (Phi) is 6.87. The fourth-order valence-electron chi connectivity index (χ4n) is 3.77. The number of amides is 1. The van der Waals surface area contributed by atoms with Crippen molar-refractivity contribution in [3.05, 3.63) is 54.2 Å². The molecule has 0 radical (unpaired) electrons. The molecule has 1 fully saturated rings. The molecule has 0 bridgehead atoms. The summed E-state index contributed by atoms with van der Waals surface area (Å²) >= 11 is 0. The molecule has 0 saturated carbocycles. The highest BCUT2D eigenvalue weighted by Gasteiger charge is 2.25. The average molecular weight is 450 g/mol. The molecule has 9 heteroatoms. The maximum atomic E-state index is 13.0. The number of pyridine rings is 1. The van der Waals surface area contributed by atoms with Crippen molar-refractivity contribution in [1.29, 1.82) is 0 Å². The smallest absolute Gasteiger partial charge is 0.259 e. The van der Waals surface area contributed by atoms with Crippen LogP contribution in [0.2, 0.25) is 0 Å². The summed E-state index contributed by atoms with van der Waals surface area (Å²) < 4.78 is 16.3. The summed E-state index contributed by atoms with van der Waals surface area (Å²) in [7, 11) is 3.24. The zero-order chi connectivity index (χ0) is 23.2. The monoisotopic (exact) mass is 449 g/mol. The van der Waals surface area contributed by atoms with Crippen LogP contribution < -0.4 is 19.1 Å². The Labute approximate surface area is 192 Å². The first kappa shape index (κ1) is 22.3. The lowest BCUT2D eigenvalue weighted by Gasteiger charge is -2.35. The van der Waals surface area contributed by atoms with E-state index in [0.29, 0.717) is 55.7 Å². The third-order valence-electron chi connectivity index (χ3n) is 5.51. The number of ether oxygens (including phenoxy) is 3. The van der Waals surface area contributed by atoms with Crippen molar-refractivity contribution < 1.29 is 19.0 Å². The molecule has 33 heavy (non-hydrogen) atoms. The van der Waals surface area contributed by atoms with Crippen LogP contribution in [0.3, 0.4) is 0 Å². The van der Waals surface area contributed by atoms with Crippen LogP contribution in [0.15, 0.2) is 48.7 Å². The second-order valence-corrected chi connectivity index (χ2v) is 7.41. The van der Waals surface area contributed by atoms with E-state index in [0.717, 1.165) is 17.1 Å². The lowest BCUT2D eigenvalue weighted by molar-refractivity contribution is 0.0741. The van der Waals surface area contributed by atoms with Gasteiger partial charge >= 0.3 is 0 Å². The van der Waals surface area contributed by atoms with Crippen LogP contribution in [0.1, 0.15) is 17.3 Å². The number of carbonyl (C=O) groups is 1. The largest absolute Gasteiger partial charge is 0.497 e. The second kappa shape index (κ2) is 10.2. The second-order valence-electron chi connectivity index (χ2n) is 7.41. The zero-order valence-electron chi connectivity index (χ0n) is 19.0. The molecular weight excluding hydrogens is 422 g/mol. The molecule has 1 aliphatic rings. The quantitative estimate of drug-likeness (QED) is 0.544. The molecule has 0 aliphatic carbocycles. The molecular formula is C24H27N5O4. The lowest BCUT2D eigenvalue weighted by atomic mass is 10.1. The van der Waals surface area contributed by atoms with Crippen molar-refractivity contribution in [3.8, 4) is 28.6 Å². The predicted molar refractivity (Wildman–Crippen MR) is 124 cm³/mol. The number of piperazine rings is 1. The molecule has 172 valence electrons. The van der Waals surface area contributed by atoms with E-state index in [9.17, 15) is 4.79 Å². The zero-order valence-corrected chi connectivity index (χ0v) is 19.0. The first-order chi connectivity index (χ1) is 16.1. The molecule has 0 spiro atoms. The molecule has 1 saturated heterocycles. The molecule has 4 rings (SSSR count). The molecule has 1 aliphatic heterocycles. The summed E-state index contributed by atoms with van der Waals surface area (Å²) in [6, 6.07) is 12.9. The number of benzene rings is 1. The maximum absolute atomic E-state index is 13.0. The van der Waals surface area contributed by atoms with Gasteiger partial charge < -0.3 is 24.0 Å². The summed E-state index contributed by atoms with van der Waals surface area (Å²) in [4.78, 5) is 21.1. The topological polar surface area (TPSA) is 89.9 Å². The average Bonchev–Trinajstić information content (AvgIpc) is 2.88. The highest BCUT2D eigenvalue weighted by atomic mass is 16.5. The number of carbonyl (C=O) groups excluding carboxylic acids is 1.